The van der Waals surface area contributed by atoms with E-state index in [0.29, 0.717) is 11.8 Å². The van der Waals surface area contributed by atoms with E-state index >= 15 is 0 Å². The maximum absolute atomic E-state index is 6.21. The van der Waals surface area contributed by atoms with Crippen molar-refractivity contribution in [3.05, 3.63) is 47.6 Å². The molecule has 1 aromatic heterocycles. The molecule has 0 aliphatic carbocycles. The number of hydrogen-bond donors (Lipinski definition) is 0. The molecule has 2 aliphatic heterocycles. The summed E-state index contributed by atoms with van der Waals surface area (Å²) in [5, 5.41) is 4.08. The van der Waals surface area contributed by atoms with Crippen LogP contribution in [0.4, 0.5) is 0 Å². The summed E-state index contributed by atoms with van der Waals surface area (Å²) in [6.07, 6.45) is 4.80. The lowest BCUT2D eigenvalue weighted by Crippen LogP contribution is -2.44. The average Bonchev–Trinajstić information content (AvgIpc) is 2.97. The first-order chi connectivity index (χ1) is 13.7. The molecular weight excluding hydrogens is 352 g/mol. The molecule has 1 aromatic carbocycles. The maximum atomic E-state index is 6.21. The van der Waals surface area contributed by atoms with E-state index < -0.39 is 0 Å². The number of piperidine rings is 1. The van der Waals surface area contributed by atoms with Gasteiger partial charge >= 0.3 is 0 Å². The van der Waals surface area contributed by atoms with Gasteiger partial charge in [0.2, 0.25) is 5.89 Å². The Hall–Kier alpha value is -1.76. The van der Waals surface area contributed by atoms with Gasteiger partial charge in [0.25, 0.3) is 0 Å². The molecule has 28 heavy (non-hydrogen) atoms. The van der Waals surface area contributed by atoms with Gasteiger partial charge in [-0.3, -0.25) is 4.90 Å². The minimum atomic E-state index is 0.289. The topological polar surface area (TPSA) is 54.6 Å². The standard InChI is InChI=1S/C22H32N4O2/c1-18-23-22(24-28-18)13-20-9-5-10-25(15-20)16-21-17-26(11-6-12-27-21)14-19-7-3-2-4-8-19/h2-4,7-8,20-21H,5-6,9-17H2,1H3/t20-,21+/m1/s1. The minimum Gasteiger partial charge on any atom is -0.376 e. The fourth-order valence-corrected chi connectivity index (χ4v) is 4.52. The zero-order valence-electron chi connectivity index (χ0n) is 16.9. The maximum Gasteiger partial charge on any atom is 0.223 e. The molecule has 2 aromatic rings. The number of likely N-dealkylation sites (tertiary alicyclic amines) is 1. The monoisotopic (exact) mass is 384 g/mol. The highest BCUT2D eigenvalue weighted by Crippen LogP contribution is 2.21. The van der Waals surface area contributed by atoms with E-state index in [1.807, 2.05) is 6.92 Å². The van der Waals surface area contributed by atoms with Gasteiger partial charge in [0, 0.05) is 52.7 Å². The van der Waals surface area contributed by atoms with Crippen molar-refractivity contribution in [3.8, 4) is 0 Å². The molecule has 6 heteroatoms. The number of nitrogens with zero attached hydrogens (tertiary/aromatic N) is 4. The highest BCUT2D eigenvalue weighted by atomic mass is 16.5. The van der Waals surface area contributed by atoms with Gasteiger partial charge in [-0.15, -0.1) is 0 Å². The normalized spacial score (nSPS) is 24.9. The van der Waals surface area contributed by atoms with Crippen LogP contribution in [0.15, 0.2) is 34.9 Å². The number of aromatic nitrogens is 2. The number of aryl methyl sites for hydroxylation is 1. The summed E-state index contributed by atoms with van der Waals surface area (Å²) in [5.74, 6) is 2.12. The zero-order chi connectivity index (χ0) is 19.2. The minimum absolute atomic E-state index is 0.289. The molecule has 0 N–H and O–H groups in total. The van der Waals surface area contributed by atoms with Crippen molar-refractivity contribution in [2.45, 2.75) is 45.3 Å². The van der Waals surface area contributed by atoms with Gasteiger partial charge in [-0.1, -0.05) is 35.5 Å². The highest BCUT2D eigenvalue weighted by molar-refractivity contribution is 5.14. The Balaban J connectivity index is 1.29. The van der Waals surface area contributed by atoms with Crippen LogP contribution in [-0.4, -0.2) is 65.4 Å². The predicted octanol–water partition coefficient (Wildman–Crippen LogP) is 2.92. The fraction of sp³-hybridized carbons (Fsp3) is 0.636. The van der Waals surface area contributed by atoms with E-state index in [4.69, 9.17) is 9.26 Å². The van der Waals surface area contributed by atoms with Gasteiger partial charge in [-0.25, -0.2) is 0 Å². The van der Waals surface area contributed by atoms with Crippen molar-refractivity contribution in [2.24, 2.45) is 5.92 Å². The Morgan fingerprint density at radius 3 is 2.75 bits per heavy atom. The van der Waals surface area contributed by atoms with E-state index in [1.54, 1.807) is 0 Å². The molecule has 6 nitrogen and oxygen atoms in total. The van der Waals surface area contributed by atoms with Crippen LogP contribution in [0.3, 0.4) is 0 Å². The van der Waals surface area contributed by atoms with Gasteiger partial charge in [-0.05, 0) is 37.3 Å². The molecule has 0 radical (unpaired) electrons. The van der Waals surface area contributed by atoms with Crippen LogP contribution in [-0.2, 0) is 17.7 Å². The summed E-state index contributed by atoms with van der Waals surface area (Å²) in [5.41, 5.74) is 1.39. The molecule has 0 bridgehead atoms. The SMILES string of the molecule is Cc1nc(C[C@H]2CCCN(C[C@H]3CN(Cc4ccccc4)CCCO3)C2)no1. The first-order valence-electron chi connectivity index (χ1n) is 10.6. The Morgan fingerprint density at radius 1 is 1.07 bits per heavy atom. The smallest absolute Gasteiger partial charge is 0.223 e. The molecule has 0 unspecified atom stereocenters. The Kier molecular flexibility index (Phi) is 6.73. The predicted molar refractivity (Wildman–Crippen MR) is 108 cm³/mol. The summed E-state index contributed by atoms with van der Waals surface area (Å²) in [4.78, 5) is 9.51. The van der Waals surface area contributed by atoms with Crippen LogP contribution in [0, 0.1) is 12.8 Å². The molecule has 0 saturated carbocycles. The van der Waals surface area contributed by atoms with Gasteiger partial charge in [0.15, 0.2) is 5.82 Å². The lowest BCUT2D eigenvalue weighted by Gasteiger charge is -2.35. The Bertz CT molecular complexity index is 720. The number of ether oxygens (including phenoxy) is 1. The van der Waals surface area contributed by atoms with Crippen molar-refractivity contribution >= 4 is 0 Å². The molecule has 2 atom stereocenters. The number of rotatable bonds is 6. The van der Waals surface area contributed by atoms with Gasteiger partial charge < -0.3 is 14.2 Å². The van der Waals surface area contributed by atoms with Crippen LogP contribution >= 0.6 is 0 Å². The third-order valence-electron chi connectivity index (χ3n) is 5.79. The average molecular weight is 385 g/mol. The van der Waals surface area contributed by atoms with E-state index in [9.17, 15) is 0 Å². The summed E-state index contributed by atoms with van der Waals surface area (Å²) < 4.78 is 11.3. The van der Waals surface area contributed by atoms with E-state index in [2.05, 4.69) is 50.3 Å². The third kappa shape index (κ3) is 5.63. The second kappa shape index (κ2) is 9.63. The molecule has 2 fully saturated rings. The van der Waals surface area contributed by atoms with Crippen LogP contribution in [0.5, 0.6) is 0 Å². The van der Waals surface area contributed by atoms with E-state index in [1.165, 1.54) is 24.9 Å². The second-order valence-electron chi connectivity index (χ2n) is 8.27. The molecule has 3 heterocycles. The summed E-state index contributed by atoms with van der Waals surface area (Å²) in [6.45, 7) is 9.16. The molecule has 2 saturated heterocycles. The third-order valence-corrected chi connectivity index (χ3v) is 5.79. The van der Waals surface area contributed by atoms with Crippen LogP contribution < -0.4 is 0 Å². The van der Waals surface area contributed by atoms with Crippen LogP contribution in [0.2, 0.25) is 0 Å². The fourth-order valence-electron chi connectivity index (χ4n) is 4.52. The van der Waals surface area contributed by atoms with E-state index in [0.717, 1.165) is 58.0 Å². The molecular formula is C22H32N4O2. The molecule has 0 spiro atoms. The quantitative estimate of drug-likeness (QED) is 0.763. The highest BCUT2D eigenvalue weighted by Gasteiger charge is 2.26. The number of hydrogen-bond acceptors (Lipinski definition) is 6. The molecule has 4 rings (SSSR count). The largest absolute Gasteiger partial charge is 0.376 e. The van der Waals surface area contributed by atoms with Crippen molar-refractivity contribution in [1.82, 2.24) is 19.9 Å². The zero-order valence-corrected chi connectivity index (χ0v) is 16.9. The number of benzene rings is 1. The first-order valence-corrected chi connectivity index (χ1v) is 10.6. The van der Waals surface area contributed by atoms with Gasteiger partial charge in [0.05, 0.1) is 6.10 Å². The van der Waals surface area contributed by atoms with Crippen LogP contribution in [0.1, 0.15) is 36.5 Å². The van der Waals surface area contributed by atoms with Crippen molar-refractivity contribution < 1.29 is 9.26 Å². The molecule has 2 aliphatic rings. The molecule has 0 amide bonds. The lowest BCUT2D eigenvalue weighted by molar-refractivity contribution is 0.0156. The van der Waals surface area contributed by atoms with E-state index in [-0.39, 0.29) is 6.10 Å². The molecule has 152 valence electrons. The van der Waals surface area contributed by atoms with Crippen molar-refractivity contribution in [2.75, 3.05) is 39.3 Å². The first kappa shape index (κ1) is 19.6. The second-order valence-corrected chi connectivity index (χ2v) is 8.27. The van der Waals surface area contributed by atoms with Gasteiger partial charge in [-0.2, -0.15) is 4.98 Å². The van der Waals surface area contributed by atoms with Crippen LogP contribution in [0.25, 0.3) is 0 Å². The summed E-state index contributed by atoms with van der Waals surface area (Å²) >= 11 is 0. The van der Waals surface area contributed by atoms with Crippen molar-refractivity contribution in [1.29, 1.82) is 0 Å². The Labute approximate surface area is 167 Å². The van der Waals surface area contributed by atoms with Crippen molar-refractivity contribution in [3.63, 3.8) is 0 Å². The summed E-state index contributed by atoms with van der Waals surface area (Å²) in [6, 6.07) is 10.8. The van der Waals surface area contributed by atoms with Gasteiger partial charge in [0.1, 0.15) is 0 Å². The lowest BCUT2D eigenvalue weighted by atomic mass is 9.94. The summed E-state index contributed by atoms with van der Waals surface area (Å²) in [7, 11) is 0. The Morgan fingerprint density at radius 2 is 1.93 bits per heavy atom.